The van der Waals surface area contributed by atoms with E-state index in [1.165, 1.54) is 5.57 Å². The second-order valence-corrected chi connectivity index (χ2v) is 4.21. The number of hydrogen-bond acceptors (Lipinski definition) is 0. The molecule has 0 fully saturated rings. The van der Waals surface area contributed by atoms with Gasteiger partial charge in [-0.1, -0.05) is 51.7 Å². The van der Waals surface area contributed by atoms with Crippen LogP contribution in [0, 0.1) is 5.41 Å². The fraction of sp³-hybridized carbons (Fsp3) is 0.500. The van der Waals surface area contributed by atoms with E-state index in [-0.39, 0.29) is 0 Å². The Morgan fingerprint density at radius 1 is 1.33 bits per heavy atom. The summed E-state index contributed by atoms with van der Waals surface area (Å²) in [5.74, 6) is 0. The van der Waals surface area contributed by atoms with Gasteiger partial charge >= 0.3 is 0 Å². The zero-order valence-electron chi connectivity index (χ0n) is 8.72. The van der Waals surface area contributed by atoms with E-state index in [2.05, 4.69) is 39.5 Å². The van der Waals surface area contributed by atoms with Gasteiger partial charge in [0.2, 0.25) is 0 Å². The van der Waals surface area contributed by atoms with Crippen molar-refractivity contribution in [3.05, 3.63) is 36.5 Å². The van der Waals surface area contributed by atoms with Crippen LogP contribution in [0.25, 0.3) is 0 Å². The molecule has 0 aliphatic rings. The van der Waals surface area contributed by atoms with Crippen LogP contribution in [-0.4, -0.2) is 0 Å². The van der Waals surface area contributed by atoms with E-state index in [4.69, 9.17) is 0 Å². The molecular weight excluding hydrogens is 144 g/mol. The average Bonchev–Trinajstić information content (AvgIpc) is 1.95. The van der Waals surface area contributed by atoms with Crippen molar-refractivity contribution in [2.45, 2.75) is 34.1 Å². The molecule has 68 valence electrons. The third kappa shape index (κ3) is 5.96. The highest BCUT2D eigenvalue weighted by Gasteiger charge is 2.10. The zero-order valence-corrected chi connectivity index (χ0v) is 8.72. The Bertz CT molecular complexity index is 187. The molecule has 0 aromatic rings. The van der Waals surface area contributed by atoms with E-state index in [1.54, 1.807) is 0 Å². The van der Waals surface area contributed by atoms with Crippen LogP contribution in [0.1, 0.15) is 34.1 Å². The first-order valence-electron chi connectivity index (χ1n) is 4.44. The summed E-state index contributed by atoms with van der Waals surface area (Å²) in [6.07, 6.45) is 9.24. The quantitative estimate of drug-likeness (QED) is 0.551. The molecule has 0 bridgehead atoms. The molecule has 0 N–H and O–H groups in total. The summed E-state index contributed by atoms with van der Waals surface area (Å²) in [6, 6.07) is 0. The lowest BCUT2D eigenvalue weighted by atomic mass is 9.88. The van der Waals surface area contributed by atoms with E-state index >= 15 is 0 Å². The minimum Gasteiger partial charge on any atom is -0.0988 e. The molecule has 0 radical (unpaired) electrons. The van der Waals surface area contributed by atoms with Gasteiger partial charge < -0.3 is 0 Å². The lowest BCUT2D eigenvalue weighted by Gasteiger charge is -2.18. The SMILES string of the molecule is C=C/C(=C\C=C\C)CC(C)(C)C. The van der Waals surface area contributed by atoms with Crippen molar-refractivity contribution in [2.75, 3.05) is 0 Å². The minimum atomic E-state index is 0.349. The molecule has 0 heterocycles. The van der Waals surface area contributed by atoms with Gasteiger partial charge in [-0.2, -0.15) is 0 Å². The maximum atomic E-state index is 3.80. The molecule has 0 unspecified atom stereocenters. The van der Waals surface area contributed by atoms with Crippen LogP contribution in [0.3, 0.4) is 0 Å². The van der Waals surface area contributed by atoms with Crippen molar-refractivity contribution in [1.82, 2.24) is 0 Å². The number of hydrogen-bond donors (Lipinski definition) is 0. The number of rotatable bonds is 3. The van der Waals surface area contributed by atoms with Gasteiger partial charge in [-0.3, -0.25) is 0 Å². The topological polar surface area (TPSA) is 0 Å². The largest absolute Gasteiger partial charge is 0.0988 e. The van der Waals surface area contributed by atoms with Crippen molar-refractivity contribution in [3.63, 3.8) is 0 Å². The lowest BCUT2D eigenvalue weighted by Crippen LogP contribution is -2.05. The van der Waals surface area contributed by atoms with Crippen LogP contribution in [0.15, 0.2) is 36.5 Å². The van der Waals surface area contributed by atoms with Gasteiger partial charge in [-0.15, -0.1) is 0 Å². The molecule has 0 heteroatoms. The summed E-state index contributed by atoms with van der Waals surface area (Å²) in [6.45, 7) is 12.5. The molecule has 0 aromatic carbocycles. The smallest absolute Gasteiger partial charge is 0.0230 e. The zero-order chi connectivity index (χ0) is 9.61. The van der Waals surface area contributed by atoms with Crippen LogP contribution in [0.4, 0.5) is 0 Å². The summed E-state index contributed by atoms with van der Waals surface area (Å²) >= 11 is 0. The van der Waals surface area contributed by atoms with Crippen molar-refractivity contribution in [2.24, 2.45) is 5.41 Å². The summed E-state index contributed by atoms with van der Waals surface area (Å²) in [5.41, 5.74) is 1.65. The van der Waals surface area contributed by atoms with Crippen molar-refractivity contribution in [3.8, 4) is 0 Å². The van der Waals surface area contributed by atoms with Crippen molar-refractivity contribution >= 4 is 0 Å². The lowest BCUT2D eigenvalue weighted by molar-refractivity contribution is 0.413. The second kappa shape index (κ2) is 4.97. The Balaban J connectivity index is 4.28. The van der Waals surface area contributed by atoms with E-state index in [9.17, 15) is 0 Å². The van der Waals surface area contributed by atoms with Crippen LogP contribution >= 0.6 is 0 Å². The maximum absolute atomic E-state index is 3.80. The summed E-state index contributed by atoms with van der Waals surface area (Å²) in [5, 5.41) is 0. The molecular formula is C12H20. The molecule has 0 spiro atoms. The Kier molecular flexibility index (Phi) is 4.65. The van der Waals surface area contributed by atoms with Crippen molar-refractivity contribution < 1.29 is 0 Å². The van der Waals surface area contributed by atoms with E-state index in [0.29, 0.717) is 5.41 Å². The molecule has 12 heavy (non-hydrogen) atoms. The highest BCUT2D eigenvalue weighted by Crippen LogP contribution is 2.24. The van der Waals surface area contributed by atoms with Crippen LogP contribution < -0.4 is 0 Å². The van der Waals surface area contributed by atoms with Crippen LogP contribution in [-0.2, 0) is 0 Å². The van der Waals surface area contributed by atoms with E-state index in [1.807, 2.05) is 19.1 Å². The van der Waals surface area contributed by atoms with Gasteiger partial charge in [0.1, 0.15) is 0 Å². The third-order valence-corrected chi connectivity index (χ3v) is 1.50. The van der Waals surface area contributed by atoms with Crippen LogP contribution in [0.5, 0.6) is 0 Å². The van der Waals surface area contributed by atoms with Crippen LogP contribution in [0.2, 0.25) is 0 Å². The fourth-order valence-electron chi connectivity index (χ4n) is 1.03. The molecule has 0 nitrogen and oxygen atoms in total. The molecule has 0 rings (SSSR count). The van der Waals surface area contributed by atoms with Crippen molar-refractivity contribution in [1.29, 1.82) is 0 Å². The highest BCUT2D eigenvalue weighted by molar-refractivity contribution is 5.22. The Hall–Kier alpha value is -0.780. The molecule has 0 amide bonds. The normalized spacial score (nSPS) is 13.8. The molecule has 0 aliphatic carbocycles. The van der Waals surface area contributed by atoms with E-state index in [0.717, 1.165) is 6.42 Å². The predicted octanol–water partition coefficient (Wildman–Crippen LogP) is 4.11. The predicted molar refractivity (Wildman–Crippen MR) is 57.2 cm³/mol. The Morgan fingerprint density at radius 2 is 1.92 bits per heavy atom. The van der Waals surface area contributed by atoms with Gasteiger partial charge in [-0.05, 0) is 24.3 Å². The summed E-state index contributed by atoms with van der Waals surface area (Å²) in [7, 11) is 0. The van der Waals surface area contributed by atoms with Gasteiger partial charge in [0, 0.05) is 0 Å². The minimum absolute atomic E-state index is 0.349. The van der Waals surface area contributed by atoms with E-state index < -0.39 is 0 Å². The molecule has 0 aromatic heterocycles. The second-order valence-electron chi connectivity index (χ2n) is 4.21. The number of allylic oxidation sites excluding steroid dienone is 5. The first-order valence-corrected chi connectivity index (χ1v) is 4.44. The first-order chi connectivity index (χ1) is 5.49. The molecule has 0 saturated carbocycles. The van der Waals surface area contributed by atoms with Gasteiger partial charge in [0.05, 0.1) is 0 Å². The van der Waals surface area contributed by atoms with Gasteiger partial charge in [0.25, 0.3) is 0 Å². The monoisotopic (exact) mass is 164 g/mol. The Morgan fingerprint density at radius 3 is 2.25 bits per heavy atom. The molecule has 0 aliphatic heterocycles. The highest BCUT2D eigenvalue weighted by atomic mass is 14.2. The average molecular weight is 164 g/mol. The fourth-order valence-corrected chi connectivity index (χ4v) is 1.03. The Labute approximate surface area is 76.7 Å². The third-order valence-electron chi connectivity index (χ3n) is 1.50. The summed E-state index contributed by atoms with van der Waals surface area (Å²) in [4.78, 5) is 0. The summed E-state index contributed by atoms with van der Waals surface area (Å²) < 4.78 is 0. The first kappa shape index (κ1) is 11.2. The van der Waals surface area contributed by atoms with Gasteiger partial charge in [0.15, 0.2) is 0 Å². The van der Waals surface area contributed by atoms with Gasteiger partial charge in [-0.25, -0.2) is 0 Å². The standard InChI is InChI=1S/C12H20/c1-6-8-9-11(7-2)10-12(3,4)5/h6-9H,2,10H2,1,3-5H3/b8-6+,11-9+. The molecule has 0 saturated heterocycles. The maximum Gasteiger partial charge on any atom is -0.0230 e. The molecule has 0 atom stereocenters.